The Morgan fingerprint density at radius 2 is 1.94 bits per heavy atom. The van der Waals surface area contributed by atoms with Gasteiger partial charge in [0.05, 0.1) is 13.2 Å². The lowest BCUT2D eigenvalue weighted by atomic mass is 10.1. The Labute approximate surface area is 109 Å². The predicted molar refractivity (Wildman–Crippen MR) is 71.9 cm³/mol. The summed E-state index contributed by atoms with van der Waals surface area (Å²) >= 11 is 0. The van der Waals surface area contributed by atoms with Crippen LogP contribution in [0.4, 0.5) is 0 Å². The number of ether oxygens (including phenoxy) is 1. The van der Waals surface area contributed by atoms with Crippen molar-refractivity contribution in [1.29, 1.82) is 0 Å². The number of hydrogen-bond donors (Lipinski definition) is 1. The molecule has 0 aromatic heterocycles. The standard InChI is InChI=1S/C14H22N2O2/c1-3-16(11-14(17)18-4-2)10-13-8-6-5-7-12(13)9-15/h5-8H,3-4,9-11,15H2,1-2H3. The van der Waals surface area contributed by atoms with Crippen molar-refractivity contribution in [3.63, 3.8) is 0 Å². The van der Waals surface area contributed by atoms with E-state index in [0.717, 1.165) is 18.7 Å². The second kappa shape index (κ2) is 7.84. The van der Waals surface area contributed by atoms with E-state index in [0.29, 0.717) is 19.7 Å². The minimum absolute atomic E-state index is 0.176. The fourth-order valence-electron chi connectivity index (χ4n) is 1.82. The number of nitrogens with zero attached hydrogens (tertiary/aromatic N) is 1. The van der Waals surface area contributed by atoms with E-state index in [9.17, 15) is 4.79 Å². The molecule has 0 saturated heterocycles. The van der Waals surface area contributed by atoms with Crippen LogP contribution < -0.4 is 5.73 Å². The van der Waals surface area contributed by atoms with Crippen LogP contribution >= 0.6 is 0 Å². The van der Waals surface area contributed by atoms with E-state index in [1.54, 1.807) is 0 Å². The fourth-order valence-corrected chi connectivity index (χ4v) is 1.82. The van der Waals surface area contributed by atoms with Crippen molar-refractivity contribution in [1.82, 2.24) is 4.90 Å². The lowest BCUT2D eigenvalue weighted by molar-refractivity contribution is -0.144. The van der Waals surface area contributed by atoms with Crippen LogP contribution in [-0.2, 0) is 22.6 Å². The smallest absolute Gasteiger partial charge is 0.320 e. The lowest BCUT2D eigenvalue weighted by Crippen LogP contribution is -2.31. The molecule has 0 radical (unpaired) electrons. The summed E-state index contributed by atoms with van der Waals surface area (Å²) in [7, 11) is 0. The summed E-state index contributed by atoms with van der Waals surface area (Å²) in [6.07, 6.45) is 0. The molecule has 1 aromatic carbocycles. The van der Waals surface area contributed by atoms with Gasteiger partial charge < -0.3 is 10.5 Å². The topological polar surface area (TPSA) is 55.6 Å². The number of hydrogen-bond acceptors (Lipinski definition) is 4. The van der Waals surface area contributed by atoms with Crippen molar-refractivity contribution >= 4 is 5.97 Å². The number of likely N-dealkylation sites (N-methyl/N-ethyl adjacent to an activating group) is 1. The lowest BCUT2D eigenvalue weighted by Gasteiger charge is -2.20. The van der Waals surface area contributed by atoms with Crippen molar-refractivity contribution in [2.45, 2.75) is 26.9 Å². The van der Waals surface area contributed by atoms with Gasteiger partial charge in [0.25, 0.3) is 0 Å². The maximum Gasteiger partial charge on any atom is 0.320 e. The first-order valence-corrected chi connectivity index (χ1v) is 6.36. The molecule has 18 heavy (non-hydrogen) atoms. The Bertz CT molecular complexity index is 380. The van der Waals surface area contributed by atoms with Gasteiger partial charge in [-0.25, -0.2) is 0 Å². The van der Waals surface area contributed by atoms with Gasteiger partial charge in [0.1, 0.15) is 0 Å². The van der Waals surface area contributed by atoms with Gasteiger partial charge in [0, 0.05) is 13.1 Å². The summed E-state index contributed by atoms with van der Waals surface area (Å²) < 4.78 is 4.96. The summed E-state index contributed by atoms with van der Waals surface area (Å²) in [5.74, 6) is -0.176. The Hall–Kier alpha value is -1.39. The molecular formula is C14H22N2O2. The van der Waals surface area contributed by atoms with Gasteiger partial charge in [0.15, 0.2) is 0 Å². The first-order chi connectivity index (χ1) is 8.71. The molecule has 0 unspecified atom stereocenters. The van der Waals surface area contributed by atoms with Crippen molar-refractivity contribution in [2.24, 2.45) is 5.73 Å². The molecule has 4 heteroatoms. The van der Waals surface area contributed by atoms with Gasteiger partial charge in [0.2, 0.25) is 0 Å². The van der Waals surface area contributed by atoms with Gasteiger partial charge >= 0.3 is 5.97 Å². The van der Waals surface area contributed by atoms with Crippen molar-refractivity contribution in [3.05, 3.63) is 35.4 Å². The van der Waals surface area contributed by atoms with E-state index in [1.807, 2.05) is 36.9 Å². The molecule has 100 valence electrons. The predicted octanol–water partition coefficient (Wildman–Crippen LogP) is 1.53. The molecule has 0 bridgehead atoms. The van der Waals surface area contributed by atoms with Gasteiger partial charge in [-0.15, -0.1) is 0 Å². The highest BCUT2D eigenvalue weighted by Crippen LogP contribution is 2.11. The molecule has 2 N–H and O–H groups in total. The van der Waals surface area contributed by atoms with Gasteiger partial charge in [-0.1, -0.05) is 31.2 Å². The molecule has 0 atom stereocenters. The summed E-state index contributed by atoms with van der Waals surface area (Å²) in [5, 5.41) is 0. The molecule has 0 amide bonds. The number of nitrogens with two attached hydrogens (primary N) is 1. The zero-order valence-corrected chi connectivity index (χ0v) is 11.2. The Morgan fingerprint density at radius 1 is 1.28 bits per heavy atom. The summed E-state index contributed by atoms with van der Waals surface area (Å²) in [6, 6.07) is 8.05. The monoisotopic (exact) mass is 250 g/mol. The molecule has 1 rings (SSSR count). The average molecular weight is 250 g/mol. The van der Waals surface area contributed by atoms with Crippen LogP contribution in [0.3, 0.4) is 0 Å². The molecular weight excluding hydrogens is 228 g/mol. The van der Waals surface area contributed by atoms with Crippen molar-refractivity contribution in [3.8, 4) is 0 Å². The third-order valence-corrected chi connectivity index (χ3v) is 2.84. The van der Waals surface area contributed by atoms with Crippen LogP contribution in [0, 0.1) is 0 Å². The third kappa shape index (κ3) is 4.47. The van der Waals surface area contributed by atoms with Gasteiger partial charge in [-0.2, -0.15) is 0 Å². The minimum atomic E-state index is -0.176. The van der Waals surface area contributed by atoms with Crippen molar-refractivity contribution < 1.29 is 9.53 Å². The van der Waals surface area contributed by atoms with E-state index in [4.69, 9.17) is 10.5 Å². The van der Waals surface area contributed by atoms with Crippen LogP contribution in [0.2, 0.25) is 0 Å². The molecule has 1 aromatic rings. The Balaban J connectivity index is 2.64. The highest BCUT2D eigenvalue weighted by Gasteiger charge is 2.11. The normalized spacial score (nSPS) is 10.7. The molecule has 0 spiro atoms. The first-order valence-electron chi connectivity index (χ1n) is 6.36. The molecule has 0 aliphatic heterocycles. The zero-order valence-electron chi connectivity index (χ0n) is 11.2. The summed E-state index contributed by atoms with van der Waals surface area (Å²) in [5.41, 5.74) is 8.00. The van der Waals surface area contributed by atoms with Crippen LogP contribution in [0.25, 0.3) is 0 Å². The SMILES string of the molecule is CCOC(=O)CN(CC)Cc1ccccc1CN. The number of esters is 1. The zero-order chi connectivity index (χ0) is 13.4. The molecule has 4 nitrogen and oxygen atoms in total. The van der Waals surface area contributed by atoms with Crippen LogP contribution in [0.1, 0.15) is 25.0 Å². The largest absolute Gasteiger partial charge is 0.465 e. The van der Waals surface area contributed by atoms with E-state index in [2.05, 4.69) is 6.07 Å². The molecule has 0 aliphatic carbocycles. The number of carbonyl (C=O) groups is 1. The Kier molecular flexibility index (Phi) is 6.39. The molecule has 0 fully saturated rings. The van der Waals surface area contributed by atoms with Gasteiger partial charge in [-0.3, -0.25) is 9.69 Å². The minimum Gasteiger partial charge on any atom is -0.465 e. The second-order valence-corrected chi connectivity index (χ2v) is 4.08. The maximum atomic E-state index is 11.5. The summed E-state index contributed by atoms with van der Waals surface area (Å²) in [6.45, 7) is 6.65. The fraction of sp³-hybridized carbons (Fsp3) is 0.500. The molecule has 0 heterocycles. The van der Waals surface area contributed by atoms with E-state index in [1.165, 1.54) is 5.56 Å². The second-order valence-electron chi connectivity index (χ2n) is 4.08. The van der Waals surface area contributed by atoms with E-state index < -0.39 is 0 Å². The van der Waals surface area contributed by atoms with Crippen LogP contribution in [0.15, 0.2) is 24.3 Å². The number of carbonyl (C=O) groups excluding carboxylic acids is 1. The number of benzene rings is 1. The van der Waals surface area contributed by atoms with E-state index >= 15 is 0 Å². The molecule has 0 aliphatic rings. The van der Waals surface area contributed by atoms with Crippen LogP contribution in [-0.4, -0.2) is 30.6 Å². The average Bonchev–Trinajstić information content (AvgIpc) is 2.38. The number of rotatable bonds is 7. The summed E-state index contributed by atoms with van der Waals surface area (Å²) in [4.78, 5) is 13.5. The highest BCUT2D eigenvalue weighted by atomic mass is 16.5. The quantitative estimate of drug-likeness (QED) is 0.746. The van der Waals surface area contributed by atoms with Gasteiger partial charge in [-0.05, 0) is 24.6 Å². The van der Waals surface area contributed by atoms with Crippen LogP contribution in [0.5, 0.6) is 0 Å². The molecule has 0 saturated carbocycles. The maximum absolute atomic E-state index is 11.5. The van der Waals surface area contributed by atoms with E-state index in [-0.39, 0.29) is 5.97 Å². The van der Waals surface area contributed by atoms with Crippen molar-refractivity contribution in [2.75, 3.05) is 19.7 Å². The Morgan fingerprint density at radius 3 is 2.50 bits per heavy atom. The highest BCUT2D eigenvalue weighted by molar-refractivity contribution is 5.71. The first kappa shape index (κ1) is 14.7. The third-order valence-electron chi connectivity index (χ3n) is 2.84.